The van der Waals surface area contributed by atoms with E-state index in [0.717, 1.165) is 0 Å². The van der Waals surface area contributed by atoms with E-state index in [1.54, 1.807) is 10.9 Å². The lowest BCUT2D eigenvalue weighted by Crippen LogP contribution is -2.31. The van der Waals surface area contributed by atoms with E-state index in [1.807, 2.05) is 13.8 Å². The molecule has 2 aromatic heterocycles. The Morgan fingerprint density at radius 2 is 2.05 bits per heavy atom. The number of aromatic nitrogens is 4. The van der Waals surface area contributed by atoms with Crippen molar-refractivity contribution in [3.05, 3.63) is 17.8 Å². The van der Waals surface area contributed by atoms with Gasteiger partial charge >= 0.3 is 0 Å². The van der Waals surface area contributed by atoms with E-state index in [9.17, 15) is 5.11 Å². The predicted molar refractivity (Wildman–Crippen MR) is 75.2 cm³/mol. The van der Waals surface area contributed by atoms with E-state index in [2.05, 4.69) is 15.0 Å². The van der Waals surface area contributed by atoms with Crippen LogP contribution in [-0.4, -0.2) is 55.3 Å². The number of fused-ring (bicyclic) bond motifs is 2. The van der Waals surface area contributed by atoms with Gasteiger partial charge in [-0.3, -0.25) is 4.57 Å². The van der Waals surface area contributed by atoms with Crippen LogP contribution in [0.4, 0.5) is 0 Å². The van der Waals surface area contributed by atoms with E-state index >= 15 is 0 Å². The maximum Gasteiger partial charge on any atom is 0.167 e. The third kappa shape index (κ3) is 2.03. The molecule has 0 saturated carbocycles. The molecule has 8 nitrogen and oxygen atoms in total. The van der Waals surface area contributed by atoms with Crippen LogP contribution in [0.2, 0.25) is 5.15 Å². The molecule has 0 aliphatic carbocycles. The number of aliphatic hydroxyl groups excluding tert-OH is 1. The molecule has 1 N–H and O–H groups in total. The molecule has 0 bridgehead atoms. The summed E-state index contributed by atoms with van der Waals surface area (Å²) >= 11 is 6.03. The molecular weight excluding hydrogens is 312 g/mol. The van der Waals surface area contributed by atoms with Crippen molar-refractivity contribution >= 4 is 22.8 Å². The van der Waals surface area contributed by atoms with Gasteiger partial charge in [0.05, 0.1) is 12.9 Å². The number of halogens is 1. The minimum atomic E-state index is -0.728. The molecule has 118 valence electrons. The molecule has 2 fully saturated rings. The highest BCUT2D eigenvalue weighted by molar-refractivity contribution is 6.33. The van der Waals surface area contributed by atoms with Crippen LogP contribution < -0.4 is 0 Å². The van der Waals surface area contributed by atoms with Gasteiger partial charge in [-0.05, 0) is 13.8 Å². The molecule has 0 spiro atoms. The van der Waals surface area contributed by atoms with Gasteiger partial charge in [0.25, 0.3) is 0 Å². The van der Waals surface area contributed by atoms with Gasteiger partial charge in [0.1, 0.15) is 30.2 Å². The van der Waals surface area contributed by atoms with E-state index in [-0.39, 0.29) is 24.0 Å². The Morgan fingerprint density at radius 1 is 1.27 bits per heavy atom. The molecule has 2 aliphatic heterocycles. The Bertz CT molecular complexity index is 721. The Labute approximate surface area is 131 Å². The fraction of sp³-hybridized carbons (Fsp3) is 0.615. The highest BCUT2D eigenvalue weighted by Crippen LogP contribution is 2.43. The fourth-order valence-electron chi connectivity index (χ4n) is 3.04. The smallest absolute Gasteiger partial charge is 0.167 e. The first-order chi connectivity index (χ1) is 10.5. The summed E-state index contributed by atoms with van der Waals surface area (Å²) in [6.45, 7) is 3.52. The molecule has 2 unspecified atom stereocenters. The van der Waals surface area contributed by atoms with E-state index in [4.69, 9.17) is 25.8 Å². The van der Waals surface area contributed by atoms with Gasteiger partial charge in [-0.2, -0.15) is 0 Å². The number of hydrogen-bond donors (Lipinski definition) is 1. The number of rotatable bonds is 2. The molecular formula is C13H15ClN4O4. The van der Waals surface area contributed by atoms with Crippen molar-refractivity contribution < 1.29 is 19.3 Å². The summed E-state index contributed by atoms with van der Waals surface area (Å²) in [5, 5.41) is 9.80. The van der Waals surface area contributed by atoms with Crippen LogP contribution in [0.25, 0.3) is 11.2 Å². The number of imidazole rings is 1. The summed E-state index contributed by atoms with van der Waals surface area (Å²) in [4.78, 5) is 12.4. The monoisotopic (exact) mass is 326 g/mol. The molecule has 22 heavy (non-hydrogen) atoms. The topological polar surface area (TPSA) is 91.5 Å². The molecule has 9 heteroatoms. The highest BCUT2D eigenvalue weighted by Gasteiger charge is 2.55. The normalized spacial score (nSPS) is 33.5. The SMILES string of the molecule is CC1(C)O[C@@H]2C(CO)OC(n3cnc4c(Cl)ncnc43)[C@@H]2O1. The third-order valence-electron chi connectivity index (χ3n) is 3.89. The second-order valence-electron chi connectivity index (χ2n) is 5.80. The molecule has 2 saturated heterocycles. The second-order valence-corrected chi connectivity index (χ2v) is 6.16. The van der Waals surface area contributed by atoms with Crippen molar-refractivity contribution in [1.29, 1.82) is 0 Å². The molecule has 0 amide bonds. The zero-order valence-electron chi connectivity index (χ0n) is 12.0. The fourth-order valence-corrected chi connectivity index (χ4v) is 3.22. The van der Waals surface area contributed by atoms with Crippen LogP contribution in [0.1, 0.15) is 20.1 Å². The van der Waals surface area contributed by atoms with Gasteiger partial charge in [0.2, 0.25) is 0 Å². The minimum absolute atomic E-state index is 0.153. The third-order valence-corrected chi connectivity index (χ3v) is 4.17. The molecule has 0 radical (unpaired) electrons. The summed E-state index contributed by atoms with van der Waals surface area (Å²) in [6, 6.07) is 0. The van der Waals surface area contributed by atoms with Crippen LogP contribution in [0.5, 0.6) is 0 Å². The summed E-state index contributed by atoms with van der Waals surface area (Å²) in [7, 11) is 0. The molecule has 4 heterocycles. The van der Waals surface area contributed by atoms with Crippen LogP contribution in [0.15, 0.2) is 12.7 Å². The van der Waals surface area contributed by atoms with E-state index in [0.29, 0.717) is 11.2 Å². The van der Waals surface area contributed by atoms with Crippen LogP contribution >= 0.6 is 11.6 Å². The first-order valence-corrected chi connectivity index (χ1v) is 7.33. The lowest BCUT2D eigenvalue weighted by Gasteiger charge is -2.24. The van der Waals surface area contributed by atoms with E-state index in [1.165, 1.54) is 6.33 Å². The predicted octanol–water partition coefficient (Wildman–Crippen LogP) is 0.889. The zero-order valence-corrected chi connectivity index (χ0v) is 12.8. The Hall–Kier alpha value is -1.32. The first-order valence-electron chi connectivity index (χ1n) is 6.95. The average molecular weight is 327 g/mol. The number of nitrogens with zero attached hydrogens (tertiary/aromatic N) is 4. The lowest BCUT2D eigenvalue weighted by molar-refractivity contribution is -0.199. The number of ether oxygens (including phenoxy) is 3. The van der Waals surface area contributed by atoms with Crippen molar-refractivity contribution in [2.45, 2.75) is 44.2 Å². The Balaban J connectivity index is 1.77. The zero-order chi connectivity index (χ0) is 15.5. The van der Waals surface area contributed by atoms with Gasteiger partial charge in [0, 0.05) is 0 Å². The molecule has 4 atom stereocenters. The average Bonchev–Trinajstić information content (AvgIpc) is 3.10. The van der Waals surface area contributed by atoms with Gasteiger partial charge in [-0.1, -0.05) is 11.6 Å². The summed E-state index contributed by atoms with van der Waals surface area (Å²) < 4.78 is 19.4. The van der Waals surface area contributed by atoms with Crippen LogP contribution in [-0.2, 0) is 14.2 Å². The van der Waals surface area contributed by atoms with Crippen molar-refractivity contribution in [1.82, 2.24) is 19.5 Å². The Morgan fingerprint density at radius 3 is 2.82 bits per heavy atom. The minimum Gasteiger partial charge on any atom is -0.394 e. The maximum atomic E-state index is 9.52. The molecule has 2 aromatic rings. The van der Waals surface area contributed by atoms with Crippen molar-refractivity contribution in [3.63, 3.8) is 0 Å². The van der Waals surface area contributed by atoms with E-state index < -0.39 is 18.1 Å². The highest BCUT2D eigenvalue weighted by atomic mass is 35.5. The largest absolute Gasteiger partial charge is 0.394 e. The molecule has 2 aliphatic rings. The van der Waals surface area contributed by atoms with Gasteiger partial charge < -0.3 is 19.3 Å². The maximum absolute atomic E-state index is 9.52. The first kappa shape index (κ1) is 14.3. The molecule has 4 rings (SSSR count). The number of hydrogen-bond acceptors (Lipinski definition) is 7. The lowest BCUT2D eigenvalue weighted by atomic mass is 10.1. The van der Waals surface area contributed by atoms with Crippen molar-refractivity contribution in [2.75, 3.05) is 6.61 Å². The van der Waals surface area contributed by atoms with Gasteiger partial charge in [-0.15, -0.1) is 0 Å². The Kier molecular flexibility index (Phi) is 3.14. The second kappa shape index (κ2) is 4.84. The van der Waals surface area contributed by atoms with Gasteiger partial charge in [-0.25, -0.2) is 15.0 Å². The van der Waals surface area contributed by atoms with Crippen LogP contribution in [0, 0.1) is 0 Å². The van der Waals surface area contributed by atoms with Crippen molar-refractivity contribution in [2.24, 2.45) is 0 Å². The standard InChI is InChI=1S/C13H15ClN4O4/c1-13(2)21-8-6(3-19)20-12(9(8)22-13)18-5-17-7-10(14)15-4-16-11(7)18/h4-6,8-9,12,19H,3H2,1-2H3/t6?,8-,9-,12?/m1/s1. The quantitative estimate of drug-likeness (QED) is 0.819. The summed E-state index contributed by atoms with van der Waals surface area (Å²) in [5.74, 6) is -0.728. The van der Waals surface area contributed by atoms with Crippen LogP contribution in [0.3, 0.4) is 0 Å². The summed E-state index contributed by atoms with van der Waals surface area (Å²) in [5.41, 5.74) is 1.05. The van der Waals surface area contributed by atoms with Gasteiger partial charge in [0.15, 0.2) is 22.8 Å². The summed E-state index contributed by atoms with van der Waals surface area (Å²) in [6.07, 6.45) is 1.28. The molecule has 0 aromatic carbocycles. The van der Waals surface area contributed by atoms with Crippen molar-refractivity contribution in [3.8, 4) is 0 Å². The number of aliphatic hydroxyl groups is 1.